The lowest BCUT2D eigenvalue weighted by Gasteiger charge is -1.99. The van der Waals surface area contributed by atoms with E-state index in [9.17, 15) is 5.11 Å². The molecule has 4 heteroatoms. The average molecular weight is 200 g/mol. The lowest BCUT2D eigenvalue weighted by atomic mass is 10.0. The van der Waals surface area contributed by atoms with E-state index in [1.54, 1.807) is 6.07 Å². The van der Waals surface area contributed by atoms with Crippen LogP contribution in [0.15, 0.2) is 17.5 Å². The zero-order chi connectivity index (χ0) is 10.1. The number of rotatable bonds is 0. The van der Waals surface area contributed by atoms with Crippen molar-refractivity contribution in [3.63, 3.8) is 0 Å². The number of benzene rings is 1. The Bertz CT molecular complexity index is 586. The summed E-state index contributed by atoms with van der Waals surface area (Å²) in [6.45, 7) is 0. The van der Waals surface area contributed by atoms with Crippen LogP contribution in [0.3, 0.4) is 0 Å². The fraction of sp³-hybridized carbons (Fsp3) is 0. The summed E-state index contributed by atoms with van der Waals surface area (Å²) in [5, 5.41) is 29.7. The molecular formula is C10H4N2OS. The molecule has 14 heavy (non-hydrogen) atoms. The van der Waals surface area contributed by atoms with Crippen LogP contribution in [0.25, 0.3) is 10.1 Å². The van der Waals surface area contributed by atoms with Crippen molar-refractivity contribution >= 4 is 21.4 Å². The van der Waals surface area contributed by atoms with Gasteiger partial charge in [-0.15, -0.1) is 11.3 Å². The largest absolute Gasteiger partial charge is 0.506 e. The first kappa shape index (κ1) is 8.55. The Morgan fingerprint density at radius 3 is 2.57 bits per heavy atom. The normalized spacial score (nSPS) is 9.57. The number of nitriles is 2. The van der Waals surface area contributed by atoms with Gasteiger partial charge >= 0.3 is 0 Å². The summed E-state index contributed by atoms with van der Waals surface area (Å²) in [5.74, 6) is -0.126. The quantitative estimate of drug-likeness (QED) is 0.709. The molecule has 1 aromatic carbocycles. The van der Waals surface area contributed by atoms with Crippen LogP contribution in [0, 0.1) is 22.7 Å². The van der Waals surface area contributed by atoms with Crippen molar-refractivity contribution in [1.82, 2.24) is 0 Å². The maximum atomic E-state index is 9.47. The third-order valence-corrected chi connectivity index (χ3v) is 2.83. The van der Waals surface area contributed by atoms with Crippen LogP contribution in [0.5, 0.6) is 5.75 Å². The van der Waals surface area contributed by atoms with E-state index in [2.05, 4.69) is 0 Å². The monoisotopic (exact) mass is 200 g/mol. The molecule has 0 atom stereocenters. The van der Waals surface area contributed by atoms with Crippen molar-refractivity contribution in [2.75, 3.05) is 0 Å². The number of thiophene rings is 1. The summed E-state index contributed by atoms with van der Waals surface area (Å²) in [6, 6.07) is 7.06. The highest BCUT2D eigenvalue weighted by atomic mass is 32.1. The van der Waals surface area contributed by atoms with Crippen molar-refractivity contribution in [3.05, 3.63) is 28.6 Å². The van der Waals surface area contributed by atoms with Crippen LogP contribution >= 0.6 is 11.3 Å². The summed E-state index contributed by atoms with van der Waals surface area (Å²) in [6.07, 6.45) is 0. The molecule has 1 heterocycles. The summed E-state index contributed by atoms with van der Waals surface area (Å²) >= 11 is 1.43. The molecule has 0 radical (unpaired) electrons. The molecule has 0 aliphatic heterocycles. The Balaban J connectivity index is 3.00. The minimum atomic E-state index is -0.126. The third-order valence-electron chi connectivity index (χ3n) is 1.96. The van der Waals surface area contributed by atoms with Gasteiger partial charge in [0.25, 0.3) is 0 Å². The second-order valence-electron chi connectivity index (χ2n) is 2.70. The Morgan fingerprint density at radius 2 is 1.93 bits per heavy atom. The first-order valence-electron chi connectivity index (χ1n) is 3.81. The van der Waals surface area contributed by atoms with Crippen LogP contribution in [0.1, 0.15) is 11.1 Å². The Morgan fingerprint density at radius 1 is 1.21 bits per heavy atom. The van der Waals surface area contributed by atoms with Crippen LogP contribution in [-0.2, 0) is 0 Å². The van der Waals surface area contributed by atoms with Crippen molar-refractivity contribution in [1.29, 1.82) is 10.5 Å². The molecule has 0 spiro atoms. The third kappa shape index (κ3) is 1.02. The van der Waals surface area contributed by atoms with Crippen LogP contribution in [-0.4, -0.2) is 5.11 Å². The molecule has 0 bridgehead atoms. The van der Waals surface area contributed by atoms with Crippen molar-refractivity contribution in [2.24, 2.45) is 0 Å². The number of phenolic OH excluding ortho intramolecular Hbond substituents is 1. The summed E-state index contributed by atoms with van der Waals surface area (Å²) in [7, 11) is 0. The number of hydrogen-bond acceptors (Lipinski definition) is 4. The van der Waals surface area contributed by atoms with Gasteiger partial charge in [-0.1, -0.05) is 0 Å². The molecule has 66 valence electrons. The van der Waals surface area contributed by atoms with Crippen molar-refractivity contribution < 1.29 is 5.11 Å². The summed E-state index contributed by atoms with van der Waals surface area (Å²) < 4.78 is 0.818. The molecule has 1 N–H and O–H groups in total. The Hall–Kier alpha value is -2.04. The lowest BCUT2D eigenvalue weighted by Crippen LogP contribution is -1.84. The van der Waals surface area contributed by atoms with Gasteiger partial charge < -0.3 is 5.11 Å². The van der Waals surface area contributed by atoms with Gasteiger partial charge in [-0.3, -0.25) is 0 Å². The molecule has 3 nitrogen and oxygen atoms in total. The number of nitrogens with zero attached hydrogens (tertiary/aromatic N) is 2. The molecular weight excluding hydrogens is 196 g/mol. The van der Waals surface area contributed by atoms with Gasteiger partial charge in [0.15, 0.2) is 0 Å². The molecule has 0 aliphatic carbocycles. The smallest absolute Gasteiger partial charge is 0.136 e. The van der Waals surface area contributed by atoms with Gasteiger partial charge in [0.2, 0.25) is 0 Å². The van der Waals surface area contributed by atoms with Gasteiger partial charge in [-0.25, -0.2) is 0 Å². The van der Waals surface area contributed by atoms with Gasteiger partial charge in [0, 0.05) is 10.1 Å². The number of aromatic hydroxyl groups is 1. The lowest BCUT2D eigenvalue weighted by molar-refractivity contribution is 0.474. The van der Waals surface area contributed by atoms with E-state index in [-0.39, 0.29) is 16.9 Å². The number of fused-ring (bicyclic) bond motifs is 1. The fourth-order valence-electron chi connectivity index (χ4n) is 1.33. The van der Waals surface area contributed by atoms with Crippen LogP contribution < -0.4 is 0 Å². The summed E-state index contributed by atoms with van der Waals surface area (Å²) in [5.41, 5.74) is 0.308. The van der Waals surface area contributed by atoms with E-state index in [1.807, 2.05) is 17.5 Å². The number of hydrogen-bond donors (Lipinski definition) is 1. The average Bonchev–Trinajstić information content (AvgIpc) is 2.62. The van der Waals surface area contributed by atoms with Gasteiger partial charge in [-0.2, -0.15) is 10.5 Å². The zero-order valence-corrected chi connectivity index (χ0v) is 7.80. The predicted octanol–water partition coefficient (Wildman–Crippen LogP) is 2.35. The fourth-order valence-corrected chi connectivity index (χ4v) is 2.16. The molecule has 2 aromatic rings. The van der Waals surface area contributed by atoms with Crippen LogP contribution in [0.2, 0.25) is 0 Å². The maximum Gasteiger partial charge on any atom is 0.136 e. The van der Waals surface area contributed by atoms with E-state index in [0.717, 1.165) is 10.1 Å². The van der Waals surface area contributed by atoms with E-state index >= 15 is 0 Å². The van der Waals surface area contributed by atoms with Crippen molar-refractivity contribution in [3.8, 4) is 17.9 Å². The highest BCUT2D eigenvalue weighted by Crippen LogP contribution is 2.32. The van der Waals surface area contributed by atoms with Crippen LogP contribution in [0.4, 0.5) is 0 Å². The predicted molar refractivity (Wildman–Crippen MR) is 52.9 cm³/mol. The zero-order valence-electron chi connectivity index (χ0n) is 6.98. The van der Waals surface area contributed by atoms with Gasteiger partial charge in [-0.05, 0) is 17.5 Å². The molecule has 0 unspecified atom stereocenters. The second-order valence-corrected chi connectivity index (χ2v) is 3.65. The SMILES string of the molecule is N#Cc1c(O)cc2sccc2c1C#N. The molecule has 1 aromatic heterocycles. The van der Waals surface area contributed by atoms with Crippen molar-refractivity contribution in [2.45, 2.75) is 0 Å². The Labute approximate surface area is 84.1 Å². The molecule has 2 rings (SSSR count). The molecule has 0 aliphatic rings. The molecule has 0 saturated carbocycles. The first-order valence-corrected chi connectivity index (χ1v) is 4.69. The highest BCUT2D eigenvalue weighted by Gasteiger charge is 2.12. The van der Waals surface area contributed by atoms with Gasteiger partial charge in [0.05, 0.1) is 5.56 Å². The topological polar surface area (TPSA) is 67.8 Å². The first-order chi connectivity index (χ1) is 6.77. The summed E-state index contributed by atoms with van der Waals surface area (Å²) in [4.78, 5) is 0. The molecule has 0 fully saturated rings. The minimum Gasteiger partial charge on any atom is -0.506 e. The second kappa shape index (κ2) is 3.02. The van der Waals surface area contributed by atoms with E-state index in [0.29, 0.717) is 0 Å². The van der Waals surface area contributed by atoms with E-state index < -0.39 is 0 Å². The van der Waals surface area contributed by atoms with Gasteiger partial charge in [0.1, 0.15) is 23.5 Å². The molecule has 0 amide bonds. The standard InChI is InChI=1S/C10H4N2OS/c11-4-7-6-1-2-14-10(6)3-9(13)8(7)5-12/h1-3,13H. The molecule has 0 saturated heterocycles. The Kier molecular flexibility index (Phi) is 1.85. The van der Waals surface area contributed by atoms with E-state index in [4.69, 9.17) is 10.5 Å². The van der Waals surface area contributed by atoms with E-state index in [1.165, 1.54) is 17.4 Å². The minimum absolute atomic E-state index is 0.0541. The number of phenols is 1. The highest BCUT2D eigenvalue weighted by molar-refractivity contribution is 7.17. The maximum absolute atomic E-state index is 9.47.